The molecule has 1 aliphatic rings. The highest BCUT2D eigenvalue weighted by Gasteiger charge is 2.31. The van der Waals surface area contributed by atoms with Crippen LogP contribution in [0.3, 0.4) is 0 Å². The maximum absolute atomic E-state index is 12.4. The predicted octanol–water partition coefficient (Wildman–Crippen LogP) is 4.93. The van der Waals surface area contributed by atoms with Gasteiger partial charge < -0.3 is 9.47 Å². The summed E-state index contributed by atoms with van der Waals surface area (Å²) in [7, 11) is 0. The predicted molar refractivity (Wildman–Crippen MR) is 95.1 cm³/mol. The van der Waals surface area contributed by atoms with Gasteiger partial charge in [0.05, 0.1) is 5.56 Å². The zero-order valence-electron chi connectivity index (χ0n) is 15.0. The van der Waals surface area contributed by atoms with Crippen molar-refractivity contribution in [3.63, 3.8) is 0 Å². The average Bonchev–Trinajstić information content (AvgIpc) is 2.56. The Morgan fingerprint density at radius 2 is 1.71 bits per heavy atom. The van der Waals surface area contributed by atoms with Crippen molar-refractivity contribution in [1.82, 2.24) is 0 Å². The number of carbonyl (C=O) groups excluding carboxylic acids is 1. The van der Waals surface area contributed by atoms with E-state index in [-0.39, 0.29) is 11.6 Å². The third kappa shape index (κ3) is 2.91. The topological polar surface area (TPSA) is 35.5 Å². The molecule has 0 fully saturated rings. The van der Waals surface area contributed by atoms with Gasteiger partial charge in [-0.1, -0.05) is 18.2 Å². The average molecular weight is 324 g/mol. The first-order chi connectivity index (χ1) is 11.3. The molecule has 2 aromatic rings. The molecule has 0 amide bonds. The van der Waals surface area contributed by atoms with E-state index in [2.05, 4.69) is 13.8 Å². The minimum absolute atomic E-state index is 0.154. The van der Waals surface area contributed by atoms with Crippen LogP contribution in [0, 0.1) is 20.8 Å². The van der Waals surface area contributed by atoms with Gasteiger partial charge in [-0.3, -0.25) is 0 Å². The van der Waals surface area contributed by atoms with Crippen LogP contribution in [0.25, 0.3) is 0 Å². The summed E-state index contributed by atoms with van der Waals surface area (Å²) in [4.78, 5) is 12.4. The highest BCUT2D eigenvalue weighted by Crippen LogP contribution is 2.43. The minimum Gasteiger partial charge on any atom is -0.487 e. The number of benzene rings is 2. The van der Waals surface area contributed by atoms with Gasteiger partial charge in [-0.15, -0.1) is 0 Å². The molecule has 0 aliphatic carbocycles. The standard InChI is InChI=1S/C21H24O3/c1-13-14(2)19-17(11-12-21(4,5)24-19)15(3)18(13)23-20(22)16-9-7-6-8-10-16/h6-10H,11-12H2,1-5H3. The van der Waals surface area contributed by atoms with Crippen LogP contribution in [0.4, 0.5) is 0 Å². The molecule has 24 heavy (non-hydrogen) atoms. The molecule has 0 atom stereocenters. The molecule has 1 heterocycles. The summed E-state index contributed by atoms with van der Waals surface area (Å²) >= 11 is 0. The molecule has 0 N–H and O–H groups in total. The molecular formula is C21H24O3. The van der Waals surface area contributed by atoms with Crippen molar-refractivity contribution in [1.29, 1.82) is 0 Å². The molecular weight excluding hydrogens is 300 g/mol. The maximum Gasteiger partial charge on any atom is 0.343 e. The summed E-state index contributed by atoms with van der Waals surface area (Å²) in [6.07, 6.45) is 1.89. The van der Waals surface area contributed by atoms with Gasteiger partial charge >= 0.3 is 5.97 Å². The Bertz CT molecular complexity index is 789. The number of ether oxygens (including phenoxy) is 2. The lowest BCUT2D eigenvalue weighted by Crippen LogP contribution is -2.33. The van der Waals surface area contributed by atoms with Gasteiger partial charge in [0.25, 0.3) is 0 Å². The fourth-order valence-electron chi connectivity index (χ4n) is 3.23. The van der Waals surface area contributed by atoms with Crippen molar-refractivity contribution in [2.45, 2.75) is 53.1 Å². The van der Waals surface area contributed by atoms with Crippen LogP contribution in [-0.4, -0.2) is 11.6 Å². The number of fused-ring (bicyclic) bond motifs is 1. The Morgan fingerprint density at radius 1 is 1.04 bits per heavy atom. The molecule has 126 valence electrons. The first-order valence-electron chi connectivity index (χ1n) is 8.39. The third-order valence-corrected chi connectivity index (χ3v) is 4.87. The zero-order valence-corrected chi connectivity index (χ0v) is 15.0. The van der Waals surface area contributed by atoms with Crippen molar-refractivity contribution in [2.24, 2.45) is 0 Å². The van der Waals surface area contributed by atoms with Gasteiger partial charge in [-0.25, -0.2) is 4.79 Å². The maximum atomic E-state index is 12.4. The smallest absolute Gasteiger partial charge is 0.343 e. The van der Waals surface area contributed by atoms with E-state index in [1.165, 1.54) is 0 Å². The zero-order chi connectivity index (χ0) is 17.5. The van der Waals surface area contributed by atoms with Crippen LogP contribution in [0.5, 0.6) is 11.5 Å². The molecule has 0 spiro atoms. The second kappa shape index (κ2) is 5.97. The molecule has 0 saturated carbocycles. The summed E-state index contributed by atoms with van der Waals surface area (Å²) in [5, 5.41) is 0. The number of carbonyl (C=O) groups is 1. The van der Waals surface area contributed by atoms with Crippen LogP contribution in [-0.2, 0) is 6.42 Å². The lowest BCUT2D eigenvalue weighted by molar-refractivity contribution is 0.0722. The highest BCUT2D eigenvalue weighted by molar-refractivity contribution is 5.91. The second-order valence-corrected chi connectivity index (χ2v) is 7.13. The van der Waals surface area contributed by atoms with Crippen LogP contribution in [0.1, 0.15) is 52.9 Å². The molecule has 3 nitrogen and oxygen atoms in total. The first kappa shape index (κ1) is 16.6. The summed E-state index contributed by atoms with van der Waals surface area (Å²) in [6, 6.07) is 9.10. The number of esters is 1. The van der Waals surface area contributed by atoms with Crippen LogP contribution in [0.15, 0.2) is 30.3 Å². The molecule has 0 bridgehead atoms. The molecule has 0 radical (unpaired) electrons. The quantitative estimate of drug-likeness (QED) is 0.580. The van der Waals surface area contributed by atoms with E-state index in [0.29, 0.717) is 11.3 Å². The van der Waals surface area contributed by atoms with E-state index in [4.69, 9.17) is 9.47 Å². The van der Waals surface area contributed by atoms with Gasteiger partial charge in [0.1, 0.15) is 17.1 Å². The van der Waals surface area contributed by atoms with E-state index in [1.54, 1.807) is 12.1 Å². The molecule has 0 saturated heterocycles. The lowest BCUT2D eigenvalue weighted by Gasteiger charge is -2.35. The van der Waals surface area contributed by atoms with Crippen LogP contribution in [0.2, 0.25) is 0 Å². The number of hydrogen-bond donors (Lipinski definition) is 0. The van der Waals surface area contributed by atoms with E-state index in [0.717, 1.165) is 40.8 Å². The number of hydrogen-bond acceptors (Lipinski definition) is 3. The second-order valence-electron chi connectivity index (χ2n) is 7.13. The molecule has 3 rings (SSSR count). The largest absolute Gasteiger partial charge is 0.487 e. The Morgan fingerprint density at radius 3 is 2.38 bits per heavy atom. The molecule has 0 unspecified atom stereocenters. The Labute approximate surface area is 143 Å². The first-order valence-corrected chi connectivity index (χ1v) is 8.39. The van der Waals surface area contributed by atoms with E-state index in [9.17, 15) is 4.79 Å². The van der Waals surface area contributed by atoms with E-state index < -0.39 is 0 Å². The molecule has 3 heteroatoms. The Kier molecular flexibility index (Phi) is 4.12. The molecule has 1 aliphatic heterocycles. The van der Waals surface area contributed by atoms with Crippen LogP contribution < -0.4 is 9.47 Å². The molecule has 2 aromatic carbocycles. The van der Waals surface area contributed by atoms with Gasteiger partial charge in [0.15, 0.2) is 0 Å². The SMILES string of the molecule is Cc1c(C)c2c(c(C)c1OC(=O)c1ccccc1)CCC(C)(C)O2. The van der Waals surface area contributed by atoms with Crippen molar-refractivity contribution in [2.75, 3.05) is 0 Å². The van der Waals surface area contributed by atoms with Crippen molar-refractivity contribution >= 4 is 5.97 Å². The third-order valence-electron chi connectivity index (χ3n) is 4.87. The lowest BCUT2D eigenvalue weighted by atomic mass is 9.88. The van der Waals surface area contributed by atoms with E-state index >= 15 is 0 Å². The van der Waals surface area contributed by atoms with Gasteiger partial charge in [-0.05, 0) is 76.3 Å². The summed E-state index contributed by atoms with van der Waals surface area (Å²) < 4.78 is 12.0. The van der Waals surface area contributed by atoms with Crippen molar-refractivity contribution in [3.05, 3.63) is 58.1 Å². The van der Waals surface area contributed by atoms with Gasteiger partial charge in [-0.2, -0.15) is 0 Å². The summed E-state index contributed by atoms with van der Waals surface area (Å²) in [5.74, 6) is 1.31. The summed E-state index contributed by atoms with van der Waals surface area (Å²) in [5.41, 5.74) is 4.59. The fraction of sp³-hybridized carbons (Fsp3) is 0.381. The fourth-order valence-corrected chi connectivity index (χ4v) is 3.23. The van der Waals surface area contributed by atoms with Crippen molar-refractivity contribution < 1.29 is 14.3 Å². The monoisotopic (exact) mass is 324 g/mol. The van der Waals surface area contributed by atoms with E-state index in [1.807, 2.05) is 39.0 Å². The van der Waals surface area contributed by atoms with Crippen LogP contribution >= 0.6 is 0 Å². The van der Waals surface area contributed by atoms with Crippen molar-refractivity contribution in [3.8, 4) is 11.5 Å². The Balaban J connectivity index is 2.01. The molecule has 0 aromatic heterocycles. The minimum atomic E-state index is -0.321. The van der Waals surface area contributed by atoms with Gasteiger partial charge in [0, 0.05) is 5.56 Å². The highest BCUT2D eigenvalue weighted by atomic mass is 16.5. The summed E-state index contributed by atoms with van der Waals surface area (Å²) in [6.45, 7) is 10.3. The normalized spacial score (nSPS) is 15.4. The Hall–Kier alpha value is -2.29. The number of rotatable bonds is 2. The van der Waals surface area contributed by atoms with Gasteiger partial charge in [0.2, 0.25) is 0 Å².